The molecule has 2 atom stereocenters. The first kappa shape index (κ1) is 13.0. The second-order valence-corrected chi connectivity index (χ2v) is 5.89. The van der Waals surface area contributed by atoms with Crippen molar-refractivity contribution < 1.29 is 9.26 Å². The fraction of sp³-hybridized carbons (Fsp3) is 0.500. The van der Waals surface area contributed by atoms with Gasteiger partial charge in [0.25, 0.3) is 0 Å². The molecular formula is C16H19N3O2. The van der Waals surface area contributed by atoms with Crippen LogP contribution in [0.25, 0.3) is 0 Å². The van der Waals surface area contributed by atoms with Gasteiger partial charge in [-0.2, -0.15) is 4.98 Å². The number of nitrogens with zero attached hydrogens (tertiary/aromatic N) is 2. The van der Waals surface area contributed by atoms with Crippen LogP contribution in [0.15, 0.2) is 28.8 Å². The molecule has 0 spiro atoms. The average Bonchev–Trinajstić information content (AvgIpc) is 3.24. The molecule has 2 aliphatic rings. The first-order chi connectivity index (χ1) is 10.3. The van der Waals surface area contributed by atoms with Crippen molar-refractivity contribution in [1.29, 1.82) is 0 Å². The lowest BCUT2D eigenvalue weighted by Crippen LogP contribution is -2.28. The summed E-state index contributed by atoms with van der Waals surface area (Å²) in [7, 11) is 1.72. The fourth-order valence-corrected chi connectivity index (χ4v) is 3.04. The maximum absolute atomic E-state index is 5.51. The van der Waals surface area contributed by atoms with Crippen molar-refractivity contribution >= 4 is 0 Å². The molecule has 1 aromatic heterocycles. The molecule has 1 N–H and O–H groups in total. The van der Waals surface area contributed by atoms with E-state index in [0.29, 0.717) is 17.6 Å². The molecule has 5 heteroatoms. The van der Waals surface area contributed by atoms with Crippen LogP contribution in [0.4, 0.5) is 0 Å². The predicted octanol–water partition coefficient (Wildman–Crippen LogP) is 2.55. The van der Waals surface area contributed by atoms with Gasteiger partial charge in [0.15, 0.2) is 0 Å². The second kappa shape index (κ2) is 5.24. The highest BCUT2D eigenvalue weighted by Crippen LogP contribution is 2.42. The number of hydrogen-bond donors (Lipinski definition) is 1. The molecule has 110 valence electrons. The van der Waals surface area contributed by atoms with Gasteiger partial charge in [-0.1, -0.05) is 29.4 Å². The second-order valence-electron chi connectivity index (χ2n) is 5.89. The number of benzene rings is 1. The molecule has 0 amide bonds. The number of methoxy groups -OCH3 is 1. The van der Waals surface area contributed by atoms with Gasteiger partial charge < -0.3 is 14.6 Å². The topological polar surface area (TPSA) is 60.2 Å². The fourth-order valence-electron chi connectivity index (χ4n) is 3.04. The van der Waals surface area contributed by atoms with E-state index in [1.54, 1.807) is 7.11 Å². The van der Waals surface area contributed by atoms with Crippen LogP contribution in [-0.4, -0.2) is 17.3 Å². The van der Waals surface area contributed by atoms with Gasteiger partial charge in [-0.05, 0) is 36.3 Å². The average molecular weight is 285 g/mol. The molecule has 1 saturated carbocycles. The van der Waals surface area contributed by atoms with Crippen molar-refractivity contribution in [3.05, 3.63) is 47.1 Å². The molecule has 0 saturated heterocycles. The van der Waals surface area contributed by atoms with E-state index in [-0.39, 0.29) is 12.1 Å². The Balaban J connectivity index is 1.54. The summed E-state index contributed by atoms with van der Waals surface area (Å²) in [5, 5.41) is 7.60. The third-order valence-electron chi connectivity index (χ3n) is 4.40. The Labute approximate surface area is 123 Å². The van der Waals surface area contributed by atoms with E-state index >= 15 is 0 Å². The molecule has 0 bridgehead atoms. The Hall–Kier alpha value is -1.72. The van der Waals surface area contributed by atoms with Crippen LogP contribution < -0.4 is 5.32 Å². The standard InChI is InChI=1S/C16H19N3O2/c1-20-14(10-6-7-10)15-18-16(21-19-15)13-8-11-4-2-3-5-12(11)9-17-13/h2-5,10,13-14,17H,6-9H2,1H3/t13-,14?/m1/s1. The largest absolute Gasteiger partial charge is 0.373 e. The minimum absolute atomic E-state index is 0.0154. The van der Waals surface area contributed by atoms with E-state index in [1.807, 2.05) is 0 Å². The summed E-state index contributed by atoms with van der Waals surface area (Å²) in [4.78, 5) is 4.57. The van der Waals surface area contributed by atoms with E-state index in [9.17, 15) is 0 Å². The number of ether oxygens (including phenoxy) is 1. The van der Waals surface area contributed by atoms with Gasteiger partial charge in [-0.25, -0.2) is 0 Å². The third kappa shape index (κ3) is 2.47. The molecule has 0 radical (unpaired) electrons. The van der Waals surface area contributed by atoms with Crippen LogP contribution in [-0.2, 0) is 17.7 Å². The van der Waals surface area contributed by atoms with Crippen LogP contribution in [0.5, 0.6) is 0 Å². The maximum Gasteiger partial charge on any atom is 0.244 e. The summed E-state index contributed by atoms with van der Waals surface area (Å²) < 4.78 is 11.0. The highest BCUT2D eigenvalue weighted by atomic mass is 16.5. The summed E-state index contributed by atoms with van der Waals surface area (Å²) in [5.41, 5.74) is 2.70. The van der Waals surface area contributed by atoms with E-state index in [2.05, 4.69) is 39.7 Å². The number of rotatable bonds is 4. The molecule has 21 heavy (non-hydrogen) atoms. The van der Waals surface area contributed by atoms with Crippen molar-refractivity contribution in [2.45, 2.75) is 38.0 Å². The highest BCUT2D eigenvalue weighted by molar-refractivity contribution is 5.30. The molecule has 2 aromatic rings. The van der Waals surface area contributed by atoms with Crippen LogP contribution in [0.3, 0.4) is 0 Å². The molecule has 2 heterocycles. The molecule has 5 nitrogen and oxygen atoms in total. The SMILES string of the molecule is COC(c1noc([C@H]2Cc3ccccc3CN2)n1)C1CC1. The first-order valence-electron chi connectivity index (χ1n) is 7.51. The van der Waals surface area contributed by atoms with Crippen molar-refractivity contribution in [3.63, 3.8) is 0 Å². The van der Waals surface area contributed by atoms with Gasteiger partial charge in [-0.15, -0.1) is 0 Å². The van der Waals surface area contributed by atoms with Crippen LogP contribution in [0.2, 0.25) is 0 Å². The van der Waals surface area contributed by atoms with Crippen LogP contribution in [0, 0.1) is 5.92 Å². The van der Waals surface area contributed by atoms with Gasteiger partial charge in [0.05, 0.1) is 6.04 Å². The van der Waals surface area contributed by atoms with Crippen molar-refractivity contribution in [3.8, 4) is 0 Å². The molecule has 1 aromatic carbocycles. The number of hydrogen-bond acceptors (Lipinski definition) is 5. The Bertz CT molecular complexity index is 636. The van der Waals surface area contributed by atoms with Crippen LogP contribution in [0.1, 0.15) is 47.8 Å². The molecule has 1 unspecified atom stereocenters. The molecule has 1 aliphatic heterocycles. The summed E-state index contributed by atoms with van der Waals surface area (Å²) in [6.07, 6.45) is 3.26. The lowest BCUT2D eigenvalue weighted by molar-refractivity contribution is 0.0751. The summed E-state index contributed by atoms with van der Waals surface area (Å²) in [5.74, 6) is 1.92. The number of fused-ring (bicyclic) bond motifs is 1. The van der Waals surface area contributed by atoms with Gasteiger partial charge in [0, 0.05) is 13.7 Å². The van der Waals surface area contributed by atoms with Gasteiger partial charge in [0.2, 0.25) is 11.7 Å². The third-order valence-corrected chi connectivity index (χ3v) is 4.40. The van der Waals surface area contributed by atoms with Gasteiger partial charge in [-0.3, -0.25) is 0 Å². The van der Waals surface area contributed by atoms with E-state index < -0.39 is 0 Å². The normalized spacial score (nSPS) is 22.8. The molecular weight excluding hydrogens is 266 g/mol. The zero-order valence-electron chi connectivity index (χ0n) is 12.1. The molecule has 4 rings (SSSR count). The molecule has 1 aliphatic carbocycles. The summed E-state index contributed by atoms with van der Waals surface area (Å²) in [6.45, 7) is 0.842. The monoisotopic (exact) mass is 285 g/mol. The van der Waals surface area contributed by atoms with Crippen LogP contribution >= 0.6 is 0 Å². The first-order valence-corrected chi connectivity index (χ1v) is 7.51. The van der Waals surface area contributed by atoms with Gasteiger partial charge in [0.1, 0.15) is 6.10 Å². The Kier molecular flexibility index (Phi) is 3.24. The van der Waals surface area contributed by atoms with Crippen molar-refractivity contribution in [2.24, 2.45) is 5.92 Å². The quantitative estimate of drug-likeness (QED) is 0.935. The minimum Gasteiger partial charge on any atom is -0.373 e. The Morgan fingerprint density at radius 3 is 2.86 bits per heavy atom. The smallest absolute Gasteiger partial charge is 0.244 e. The van der Waals surface area contributed by atoms with E-state index in [1.165, 1.54) is 24.0 Å². The summed E-state index contributed by atoms with van der Waals surface area (Å²) >= 11 is 0. The highest BCUT2D eigenvalue weighted by Gasteiger charge is 2.36. The van der Waals surface area contributed by atoms with Crippen molar-refractivity contribution in [2.75, 3.05) is 7.11 Å². The van der Waals surface area contributed by atoms with E-state index in [4.69, 9.17) is 9.26 Å². The lowest BCUT2D eigenvalue weighted by atomic mass is 9.96. The molecule has 1 fully saturated rings. The van der Waals surface area contributed by atoms with Gasteiger partial charge >= 0.3 is 0 Å². The zero-order valence-corrected chi connectivity index (χ0v) is 12.1. The van der Waals surface area contributed by atoms with E-state index in [0.717, 1.165) is 13.0 Å². The maximum atomic E-state index is 5.51. The minimum atomic E-state index is -0.0154. The zero-order chi connectivity index (χ0) is 14.2. The number of nitrogens with one attached hydrogen (secondary N) is 1. The Morgan fingerprint density at radius 1 is 1.29 bits per heavy atom. The Morgan fingerprint density at radius 2 is 2.10 bits per heavy atom. The number of aromatic nitrogens is 2. The predicted molar refractivity (Wildman–Crippen MR) is 76.5 cm³/mol. The summed E-state index contributed by atoms with van der Waals surface area (Å²) in [6, 6.07) is 8.57. The lowest BCUT2D eigenvalue weighted by Gasteiger charge is -2.23. The van der Waals surface area contributed by atoms with Crippen molar-refractivity contribution in [1.82, 2.24) is 15.5 Å².